The predicted molar refractivity (Wildman–Crippen MR) is 85.3 cm³/mol. The first-order valence-corrected chi connectivity index (χ1v) is 7.46. The molecular weight excluding hydrogens is 260 g/mol. The van der Waals surface area contributed by atoms with Gasteiger partial charge in [0.15, 0.2) is 0 Å². The molecule has 0 aliphatic rings. The van der Waals surface area contributed by atoms with E-state index in [1.807, 2.05) is 31.2 Å². The molecule has 3 aromatic rings. The van der Waals surface area contributed by atoms with Gasteiger partial charge in [0.05, 0.1) is 11.0 Å². The molecule has 3 nitrogen and oxygen atoms in total. The van der Waals surface area contributed by atoms with E-state index in [1.165, 1.54) is 0 Å². The van der Waals surface area contributed by atoms with Crippen LogP contribution in [0.4, 0.5) is 0 Å². The van der Waals surface area contributed by atoms with Crippen LogP contribution in [0.3, 0.4) is 0 Å². The van der Waals surface area contributed by atoms with Gasteiger partial charge >= 0.3 is 0 Å². The lowest BCUT2D eigenvalue weighted by Gasteiger charge is -2.18. The van der Waals surface area contributed by atoms with Crippen LogP contribution in [0.25, 0.3) is 11.0 Å². The van der Waals surface area contributed by atoms with Gasteiger partial charge in [-0.05, 0) is 31.5 Å². The van der Waals surface area contributed by atoms with Crippen LogP contribution in [0.15, 0.2) is 54.6 Å². The normalized spacial score (nSPS) is 12.7. The molecule has 0 N–H and O–H groups in total. The molecule has 0 fully saturated rings. The number of nitrogens with zero attached hydrogens (tertiary/aromatic N) is 2. The van der Waals surface area contributed by atoms with Gasteiger partial charge in [-0.25, -0.2) is 4.98 Å². The largest absolute Gasteiger partial charge is 0.366 e. The molecule has 3 heteroatoms. The fourth-order valence-electron chi connectivity index (χ4n) is 2.74. The van der Waals surface area contributed by atoms with Gasteiger partial charge in [-0.2, -0.15) is 0 Å². The Morgan fingerprint density at radius 2 is 1.71 bits per heavy atom. The standard InChI is InChI=1S/C18H20N2O/c1-3-20-16-13-9-8-12-15(16)19-18(20)17(21-4-2)14-10-6-5-7-11-14/h5-13,17H,3-4H2,1-2H3/t17-/m0/s1. The molecule has 0 radical (unpaired) electrons. The lowest BCUT2D eigenvalue weighted by molar-refractivity contribution is 0.0830. The van der Waals surface area contributed by atoms with Crippen molar-refractivity contribution in [2.24, 2.45) is 0 Å². The molecule has 0 amide bonds. The molecule has 0 bridgehead atoms. The van der Waals surface area contributed by atoms with Crippen molar-refractivity contribution in [3.63, 3.8) is 0 Å². The Kier molecular flexibility index (Phi) is 4.02. The van der Waals surface area contributed by atoms with Crippen molar-refractivity contribution in [3.05, 3.63) is 66.0 Å². The average molecular weight is 280 g/mol. The van der Waals surface area contributed by atoms with Crippen LogP contribution in [0.5, 0.6) is 0 Å². The highest BCUT2D eigenvalue weighted by Crippen LogP contribution is 2.28. The maximum absolute atomic E-state index is 6.00. The first-order chi connectivity index (χ1) is 10.3. The van der Waals surface area contributed by atoms with E-state index in [4.69, 9.17) is 9.72 Å². The Morgan fingerprint density at radius 3 is 2.43 bits per heavy atom. The lowest BCUT2D eigenvalue weighted by Crippen LogP contribution is -2.13. The molecule has 0 unspecified atom stereocenters. The van der Waals surface area contributed by atoms with E-state index in [2.05, 4.69) is 41.8 Å². The number of rotatable bonds is 5. The third-order valence-corrected chi connectivity index (χ3v) is 3.67. The minimum atomic E-state index is -0.122. The highest BCUT2D eigenvalue weighted by Gasteiger charge is 2.21. The molecule has 0 aliphatic heterocycles. The second kappa shape index (κ2) is 6.10. The Balaban J connectivity index is 2.15. The molecule has 21 heavy (non-hydrogen) atoms. The molecular formula is C18H20N2O. The molecule has 108 valence electrons. The Morgan fingerprint density at radius 1 is 1.00 bits per heavy atom. The number of aromatic nitrogens is 2. The second-order valence-electron chi connectivity index (χ2n) is 4.95. The summed E-state index contributed by atoms with van der Waals surface area (Å²) < 4.78 is 8.24. The smallest absolute Gasteiger partial charge is 0.143 e. The summed E-state index contributed by atoms with van der Waals surface area (Å²) in [5.74, 6) is 0.978. The summed E-state index contributed by atoms with van der Waals surface area (Å²) >= 11 is 0. The van der Waals surface area contributed by atoms with Crippen LogP contribution in [0.1, 0.15) is 31.3 Å². The summed E-state index contributed by atoms with van der Waals surface area (Å²) in [6.45, 7) is 5.71. The van der Waals surface area contributed by atoms with Crippen molar-refractivity contribution in [1.82, 2.24) is 9.55 Å². The van der Waals surface area contributed by atoms with Crippen LogP contribution in [-0.2, 0) is 11.3 Å². The molecule has 3 rings (SSSR count). The first kappa shape index (κ1) is 13.8. The van der Waals surface area contributed by atoms with Crippen molar-refractivity contribution in [3.8, 4) is 0 Å². The fraction of sp³-hybridized carbons (Fsp3) is 0.278. The number of aryl methyl sites for hydroxylation is 1. The number of benzene rings is 2. The third kappa shape index (κ3) is 2.57. The van der Waals surface area contributed by atoms with Crippen LogP contribution < -0.4 is 0 Å². The van der Waals surface area contributed by atoms with Gasteiger partial charge in [-0.15, -0.1) is 0 Å². The Bertz CT molecular complexity index is 718. The molecule has 1 heterocycles. The van der Waals surface area contributed by atoms with E-state index in [0.29, 0.717) is 6.61 Å². The van der Waals surface area contributed by atoms with Crippen molar-refractivity contribution in [1.29, 1.82) is 0 Å². The Hall–Kier alpha value is -2.13. The van der Waals surface area contributed by atoms with Crippen molar-refractivity contribution < 1.29 is 4.74 Å². The van der Waals surface area contributed by atoms with Gasteiger partial charge in [0.2, 0.25) is 0 Å². The summed E-state index contributed by atoms with van der Waals surface area (Å²) in [5.41, 5.74) is 3.33. The van der Waals surface area contributed by atoms with Crippen LogP contribution in [0.2, 0.25) is 0 Å². The minimum absolute atomic E-state index is 0.122. The number of para-hydroxylation sites is 2. The van der Waals surface area contributed by atoms with Gasteiger partial charge in [-0.3, -0.25) is 0 Å². The molecule has 0 saturated heterocycles. The topological polar surface area (TPSA) is 27.1 Å². The van der Waals surface area contributed by atoms with Crippen LogP contribution >= 0.6 is 0 Å². The van der Waals surface area contributed by atoms with Crippen LogP contribution in [-0.4, -0.2) is 16.2 Å². The van der Waals surface area contributed by atoms with Crippen molar-refractivity contribution >= 4 is 11.0 Å². The number of fused-ring (bicyclic) bond motifs is 1. The van der Waals surface area contributed by atoms with Gasteiger partial charge in [0.1, 0.15) is 11.9 Å². The number of imidazole rings is 1. The Labute approximate surface area is 125 Å². The van der Waals surface area contributed by atoms with Gasteiger partial charge in [0, 0.05) is 13.2 Å². The molecule has 0 saturated carbocycles. The van der Waals surface area contributed by atoms with Gasteiger partial charge < -0.3 is 9.30 Å². The highest BCUT2D eigenvalue weighted by atomic mass is 16.5. The molecule has 1 atom stereocenters. The van der Waals surface area contributed by atoms with Gasteiger partial charge in [-0.1, -0.05) is 42.5 Å². The maximum Gasteiger partial charge on any atom is 0.143 e. The van der Waals surface area contributed by atoms with Crippen molar-refractivity contribution in [2.45, 2.75) is 26.5 Å². The van der Waals surface area contributed by atoms with E-state index in [0.717, 1.165) is 29.0 Å². The van der Waals surface area contributed by atoms with Crippen molar-refractivity contribution in [2.75, 3.05) is 6.61 Å². The van der Waals surface area contributed by atoms with E-state index >= 15 is 0 Å². The summed E-state index contributed by atoms with van der Waals surface area (Å²) in [5, 5.41) is 0. The van der Waals surface area contributed by atoms with Crippen LogP contribution in [0, 0.1) is 0 Å². The van der Waals surface area contributed by atoms with Gasteiger partial charge in [0.25, 0.3) is 0 Å². The van der Waals surface area contributed by atoms with E-state index < -0.39 is 0 Å². The predicted octanol–water partition coefficient (Wildman–Crippen LogP) is 4.18. The zero-order valence-corrected chi connectivity index (χ0v) is 12.5. The summed E-state index contributed by atoms with van der Waals surface area (Å²) in [7, 11) is 0. The summed E-state index contributed by atoms with van der Waals surface area (Å²) in [6, 6.07) is 18.5. The molecule has 2 aromatic carbocycles. The quantitative estimate of drug-likeness (QED) is 0.701. The average Bonchev–Trinajstić information content (AvgIpc) is 2.91. The van der Waals surface area contributed by atoms with E-state index in [-0.39, 0.29) is 6.10 Å². The number of hydrogen-bond donors (Lipinski definition) is 0. The number of hydrogen-bond acceptors (Lipinski definition) is 2. The second-order valence-corrected chi connectivity index (χ2v) is 4.95. The minimum Gasteiger partial charge on any atom is -0.366 e. The molecule has 1 aromatic heterocycles. The number of ether oxygens (including phenoxy) is 1. The highest BCUT2D eigenvalue weighted by molar-refractivity contribution is 5.76. The molecule has 0 spiro atoms. The first-order valence-electron chi connectivity index (χ1n) is 7.46. The summed E-state index contributed by atoms with van der Waals surface area (Å²) in [4.78, 5) is 4.82. The molecule has 0 aliphatic carbocycles. The SMILES string of the molecule is CCO[C@@H](c1ccccc1)c1nc2ccccc2n1CC. The fourth-order valence-corrected chi connectivity index (χ4v) is 2.74. The van der Waals surface area contributed by atoms with E-state index in [1.54, 1.807) is 0 Å². The zero-order valence-electron chi connectivity index (χ0n) is 12.5. The van der Waals surface area contributed by atoms with E-state index in [9.17, 15) is 0 Å². The summed E-state index contributed by atoms with van der Waals surface area (Å²) in [6.07, 6.45) is -0.122. The monoisotopic (exact) mass is 280 g/mol. The lowest BCUT2D eigenvalue weighted by atomic mass is 10.1. The maximum atomic E-state index is 6.00. The zero-order chi connectivity index (χ0) is 14.7. The third-order valence-electron chi connectivity index (χ3n) is 3.67.